The molecule has 2 aliphatic rings. The zero-order chi connectivity index (χ0) is 28.6. The third-order valence-corrected chi connectivity index (χ3v) is 7.83. The van der Waals surface area contributed by atoms with E-state index < -0.39 is 11.9 Å². The molecule has 0 aromatic heterocycles. The van der Waals surface area contributed by atoms with Gasteiger partial charge in [0.25, 0.3) is 0 Å². The van der Waals surface area contributed by atoms with Crippen LogP contribution in [-0.2, 0) is 35.3 Å². The van der Waals surface area contributed by atoms with Gasteiger partial charge in [-0.15, -0.1) is 0 Å². The highest BCUT2D eigenvalue weighted by atomic mass is 16.6. The van der Waals surface area contributed by atoms with E-state index in [0.29, 0.717) is 11.1 Å². The van der Waals surface area contributed by atoms with Crippen molar-refractivity contribution < 1.29 is 28.5 Å². The number of carbonyl (C=O) groups is 2. The number of hydrogen-bond donors (Lipinski definition) is 0. The Morgan fingerprint density at radius 2 is 1.05 bits per heavy atom. The van der Waals surface area contributed by atoms with Crippen molar-refractivity contribution in [3.05, 3.63) is 83.0 Å². The highest BCUT2D eigenvalue weighted by molar-refractivity contribution is 5.87. The van der Waals surface area contributed by atoms with Gasteiger partial charge in [-0.3, -0.25) is 0 Å². The third-order valence-electron chi connectivity index (χ3n) is 7.83. The fraction of sp³-hybridized carbons (Fsp3) is 0.455. The molecule has 39 heavy (non-hydrogen) atoms. The van der Waals surface area contributed by atoms with Gasteiger partial charge in [-0.05, 0) is 84.0 Å². The average Bonchev–Trinajstić information content (AvgIpc) is 3.23. The summed E-state index contributed by atoms with van der Waals surface area (Å²) in [6.07, 6.45) is 1.95. The first-order valence-electron chi connectivity index (χ1n) is 13.5. The Kier molecular flexibility index (Phi) is 7.70. The molecule has 0 aliphatic heterocycles. The van der Waals surface area contributed by atoms with Gasteiger partial charge in [0, 0.05) is 16.6 Å². The zero-order valence-electron chi connectivity index (χ0n) is 24.1. The third kappa shape index (κ3) is 5.61. The van der Waals surface area contributed by atoms with Gasteiger partial charge in [-0.1, -0.05) is 53.0 Å². The van der Waals surface area contributed by atoms with Crippen molar-refractivity contribution in [3.63, 3.8) is 0 Å². The van der Waals surface area contributed by atoms with Crippen molar-refractivity contribution in [1.82, 2.24) is 0 Å². The molecule has 0 N–H and O–H groups in total. The van der Waals surface area contributed by atoms with Gasteiger partial charge in [0.05, 0.1) is 0 Å². The maximum atomic E-state index is 11.7. The molecule has 2 aromatic rings. The summed E-state index contributed by atoms with van der Waals surface area (Å²) in [5.74, 6) is 0.695. The standard InChI is InChI=1S/C33H40O6/c1-21(2)29(34)38-15-13-36-23-9-11-25-27(17-23)33(19-31(25,5)6)20-32(7,8)26-12-10-24(18-28(26)33)37-14-16-39-30(35)22(3)4/h9-12,17-18H,1,3,13-16,19-20H2,2,4-8H3. The Labute approximate surface area is 232 Å². The molecule has 208 valence electrons. The van der Waals surface area contributed by atoms with E-state index in [4.69, 9.17) is 18.9 Å². The molecule has 1 spiro atoms. The predicted molar refractivity (Wildman–Crippen MR) is 151 cm³/mol. The fourth-order valence-electron chi connectivity index (χ4n) is 6.32. The summed E-state index contributed by atoms with van der Waals surface area (Å²) in [7, 11) is 0. The molecule has 0 amide bonds. The lowest BCUT2D eigenvalue weighted by atomic mass is 9.72. The molecule has 4 rings (SSSR count). The molecule has 0 saturated carbocycles. The number of benzene rings is 2. The molecular weight excluding hydrogens is 492 g/mol. The topological polar surface area (TPSA) is 71.1 Å². The summed E-state index contributed by atoms with van der Waals surface area (Å²) in [6.45, 7) is 20.6. The second kappa shape index (κ2) is 10.6. The summed E-state index contributed by atoms with van der Waals surface area (Å²) in [5.41, 5.74) is 5.73. The molecule has 2 aromatic carbocycles. The van der Waals surface area contributed by atoms with E-state index >= 15 is 0 Å². The lowest BCUT2D eigenvalue weighted by Crippen LogP contribution is -2.27. The van der Waals surface area contributed by atoms with E-state index in [2.05, 4.69) is 65.1 Å². The van der Waals surface area contributed by atoms with Gasteiger partial charge in [0.1, 0.15) is 37.9 Å². The van der Waals surface area contributed by atoms with Crippen molar-refractivity contribution in [3.8, 4) is 11.5 Å². The Balaban J connectivity index is 1.60. The molecule has 6 heteroatoms. The van der Waals surface area contributed by atoms with Crippen LogP contribution in [0.5, 0.6) is 11.5 Å². The number of esters is 2. The minimum Gasteiger partial charge on any atom is -0.490 e. The fourth-order valence-corrected chi connectivity index (χ4v) is 6.32. The van der Waals surface area contributed by atoms with E-state index in [1.807, 2.05) is 12.1 Å². The molecule has 0 unspecified atom stereocenters. The van der Waals surface area contributed by atoms with Gasteiger partial charge in [-0.2, -0.15) is 0 Å². The first-order valence-corrected chi connectivity index (χ1v) is 13.5. The predicted octanol–water partition coefficient (Wildman–Crippen LogP) is 6.33. The lowest BCUT2D eigenvalue weighted by molar-refractivity contribution is -0.140. The zero-order valence-corrected chi connectivity index (χ0v) is 24.1. The number of ether oxygens (including phenoxy) is 4. The summed E-state index contributed by atoms with van der Waals surface area (Å²) in [5, 5.41) is 0. The number of hydrogen-bond acceptors (Lipinski definition) is 6. The molecule has 0 fully saturated rings. The summed E-state index contributed by atoms with van der Waals surface area (Å²) < 4.78 is 22.4. The number of fused-ring (bicyclic) bond motifs is 4. The average molecular weight is 533 g/mol. The Morgan fingerprint density at radius 3 is 1.41 bits per heavy atom. The van der Waals surface area contributed by atoms with Gasteiger partial charge >= 0.3 is 11.9 Å². The Morgan fingerprint density at radius 1 is 0.667 bits per heavy atom. The minimum atomic E-state index is -0.412. The first kappa shape index (κ1) is 28.5. The monoisotopic (exact) mass is 532 g/mol. The number of carbonyl (C=O) groups excluding carboxylic acids is 2. The molecule has 6 nitrogen and oxygen atoms in total. The normalized spacial score (nSPS) is 17.2. The molecule has 0 bridgehead atoms. The Hall–Kier alpha value is -3.54. The molecule has 0 atom stereocenters. The van der Waals surface area contributed by atoms with E-state index in [-0.39, 0.29) is 42.7 Å². The molecular formula is C33H40O6. The van der Waals surface area contributed by atoms with Crippen molar-refractivity contribution in [1.29, 1.82) is 0 Å². The van der Waals surface area contributed by atoms with Crippen LogP contribution in [0.2, 0.25) is 0 Å². The molecule has 0 heterocycles. The van der Waals surface area contributed by atoms with Crippen LogP contribution in [0, 0.1) is 0 Å². The van der Waals surface area contributed by atoms with Gasteiger partial charge < -0.3 is 18.9 Å². The largest absolute Gasteiger partial charge is 0.490 e. The quantitative estimate of drug-likeness (QED) is 0.202. The second-order valence-corrected chi connectivity index (χ2v) is 12.1. The highest BCUT2D eigenvalue weighted by Crippen LogP contribution is 2.63. The maximum Gasteiger partial charge on any atom is 0.333 e. The summed E-state index contributed by atoms with van der Waals surface area (Å²) in [4.78, 5) is 23.4. The summed E-state index contributed by atoms with van der Waals surface area (Å²) >= 11 is 0. The Bertz CT molecular complexity index is 1210. The van der Waals surface area contributed by atoms with Crippen molar-refractivity contribution in [2.24, 2.45) is 0 Å². The molecule has 2 aliphatic carbocycles. The van der Waals surface area contributed by atoms with Crippen LogP contribution in [-0.4, -0.2) is 38.4 Å². The van der Waals surface area contributed by atoms with Crippen molar-refractivity contribution in [2.45, 2.75) is 70.6 Å². The number of rotatable bonds is 10. The maximum absolute atomic E-state index is 11.7. The molecule has 0 saturated heterocycles. The van der Waals surface area contributed by atoms with Crippen LogP contribution >= 0.6 is 0 Å². The van der Waals surface area contributed by atoms with Crippen LogP contribution < -0.4 is 9.47 Å². The van der Waals surface area contributed by atoms with Gasteiger partial charge in [-0.25, -0.2) is 9.59 Å². The van der Waals surface area contributed by atoms with Crippen molar-refractivity contribution in [2.75, 3.05) is 26.4 Å². The van der Waals surface area contributed by atoms with Crippen molar-refractivity contribution >= 4 is 11.9 Å². The molecule has 0 radical (unpaired) electrons. The van der Waals surface area contributed by atoms with E-state index in [0.717, 1.165) is 24.3 Å². The van der Waals surface area contributed by atoms with Crippen LogP contribution in [0.1, 0.15) is 76.6 Å². The van der Waals surface area contributed by atoms with E-state index in [1.165, 1.54) is 22.3 Å². The van der Waals surface area contributed by atoms with Crippen LogP contribution in [0.4, 0.5) is 0 Å². The van der Waals surface area contributed by atoms with Gasteiger partial charge in [0.2, 0.25) is 0 Å². The van der Waals surface area contributed by atoms with Crippen LogP contribution in [0.15, 0.2) is 60.7 Å². The summed E-state index contributed by atoms with van der Waals surface area (Å²) in [6, 6.07) is 12.7. The van der Waals surface area contributed by atoms with Crippen LogP contribution in [0.3, 0.4) is 0 Å². The van der Waals surface area contributed by atoms with Gasteiger partial charge in [0.15, 0.2) is 0 Å². The SMILES string of the molecule is C=C(C)C(=O)OCCOc1ccc2c(c1)C1(CC2(C)C)CC(C)(C)c2ccc(OCCOC(=O)C(=C)C)cc21. The smallest absolute Gasteiger partial charge is 0.333 e. The highest BCUT2D eigenvalue weighted by Gasteiger charge is 2.56. The lowest BCUT2D eigenvalue weighted by Gasteiger charge is -2.30. The van der Waals surface area contributed by atoms with E-state index in [1.54, 1.807) is 13.8 Å². The first-order chi connectivity index (χ1) is 18.3. The minimum absolute atomic E-state index is 0.0177. The second-order valence-electron chi connectivity index (χ2n) is 12.1. The van der Waals surface area contributed by atoms with E-state index in [9.17, 15) is 9.59 Å². The van der Waals surface area contributed by atoms with Crippen LogP contribution in [0.25, 0.3) is 0 Å².